The molecule has 26 heavy (non-hydrogen) atoms. The van der Waals surface area contributed by atoms with Crippen molar-refractivity contribution in [1.82, 2.24) is 5.32 Å². The Kier molecular flexibility index (Phi) is 5.98. The highest BCUT2D eigenvalue weighted by Gasteiger charge is 2.60. The van der Waals surface area contributed by atoms with E-state index in [0.29, 0.717) is 4.47 Å². The summed E-state index contributed by atoms with van der Waals surface area (Å²) in [7, 11) is 0. The van der Waals surface area contributed by atoms with Gasteiger partial charge in [0.1, 0.15) is 0 Å². The lowest BCUT2D eigenvalue weighted by atomic mass is 10.0. The maximum absolute atomic E-state index is 14.0. The van der Waals surface area contributed by atoms with Gasteiger partial charge in [-0.3, -0.25) is 10.2 Å². The van der Waals surface area contributed by atoms with Crippen molar-refractivity contribution in [3.05, 3.63) is 69.2 Å². The van der Waals surface area contributed by atoms with Crippen LogP contribution in [0.3, 0.4) is 0 Å². The number of carbonyl (C=O) groups excluding carboxylic acids is 1. The molecule has 0 heterocycles. The van der Waals surface area contributed by atoms with E-state index in [1.54, 1.807) is 17.4 Å². The van der Waals surface area contributed by atoms with E-state index in [1.165, 1.54) is 24.3 Å². The van der Waals surface area contributed by atoms with Gasteiger partial charge in [-0.05, 0) is 36.4 Å². The Bertz CT molecular complexity index is 828. The lowest BCUT2D eigenvalue weighted by Crippen LogP contribution is -2.58. The van der Waals surface area contributed by atoms with E-state index in [4.69, 9.17) is 21.7 Å². The largest absolute Gasteiger partial charge is 0.453 e. The molecule has 2 aromatic carbocycles. The molecule has 0 radical (unpaired) electrons. The van der Waals surface area contributed by atoms with Crippen LogP contribution in [0, 0.1) is 5.41 Å². The number of hydrogen-bond acceptors (Lipinski definition) is 3. The van der Waals surface area contributed by atoms with Crippen LogP contribution in [0.2, 0.25) is 5.02 Å². The summed E-state index contributed by atoms with van der Waals surface area (Å²) in [5, 5.41) is 9.78. The van der Waals surface area contributed by atoms with Gasteiger partial charge < -0.3 is 10.1 Å². The zero-order chi connectivity index (χ0) is 19.5. The summed E-state index contributed by atoms with van der Waals surface area (Å²) in [5.74, 6) is -1.74. The summed E-state index contributed by atoms with van der Waals surface area (Å²) in [6.45, 7) is 0.928. The van der Waals surface area contributed by atoms with Crippen molar-refractivity contribution in [2.45, 2.75) is 18.8 Å². The van der Waals surface area contributed by atoms with Gasteiger partial charge in [0.15, 0.2) is 0 Å². The fraction of sp³-hybridized carbons (Fsp3) is 0.176. The van der Waals surface area contributed by atoms with E-state index in [2.05, 4.69) is 15.9 Å². The van der Waals surface area contributed by atoms with Crippen LogP contribution in [-0.2, 0) is 15.3 Å². The average molecular weight is 450 g/mol. The number of nitrogens with one attached hydrogen (secondary N) is 2. The molecule has 4 nitrogen and oxygen atoms in total. The van der Waals surface area contributed by atoms with Gasteiger partial charge in [0.05, 0.1) is 0 Å². The molecule has 2 rings (SSSR count). The highest BCUT2D eigenvalue weighted by atomic mass is 79.9. The van der Waals surface area contributed by atoms with Crippen LogP contribution in [0.25, 0.3) is 0 Å². The second kappa shape index (κ2) is 7.67. The van der Waals surface area contributed by atoms with Crippen LogP contribution in [0.4, 0.5) is 13.2 Å². The number of hydrogen-bond donors (Lipinski definition) is 2. The highest BCUT2D eigenvalue weighted by Crippen LogP contribution is 2.41. The molecule has 0 fully saturated rings. The summed E-state index contributed by atoms with van der Waals surface area (Å²) in [5.41, 5.74) is -3.60. The molecule has 0 bridgehead atoms. The maximum atomic E-state index is 14.0. The molecule has 9 heteroatoms. The predicted molar refractivity (Wildman–Crippen MR) is 95.1 cm³/mol. The third-order valence-corrected chi connectivity index (χ3v) is 4.11. The normalized spacial score (nSPS) is 13.6. The quantitative estimate of drug-likeness (QED) is 0.392. The van der Waals surface area contributed by atoms with Crippen molar-refractivity contribution in [2.75, 3.05) is 0 Å². The Hall–Kier alpha value is -2.06. The second-order valence-corrected chi connectivity index (χ2v) is 6.66. The van der Waals surface area contributed by atoms with Crippen LogP contribution in [-0.4, -0.2) is 18.0 Å². The molecule has 0 aliphatic carbocycles. The topological polar surface area (TPSA) is 62.2 Å². The summed E-state index contributed by atoms with van der Waals surface area (Å²) >= 11 is 9.02. The summed E-state index contributed by atoms with van der Waals surface area (Å²) in [4.78, 5) is 11.5. The predicted octanol–water partition coefficient (Wildman–Crippen LogP) is 5.00. The summed E-state index contributed by atoms with van der Waals surface area (Å²) < 4.78 is 47.7. The van der Waals surface area contributed by atoms with Gasteiger partial charge in [0.2, 0.25) is 11.8 Å². The van der Waals surface area contributed by atoms with Gasteiger partial charge >= 0.3 is 11.9 Å². The number of halogens is 5. The molecule has 0 spiro atoms. The first-order valence-electron chi connectivity index (χ1n) is 7.20. The fourth-order valence-electron chi connectivity index (χ4n) is 2.22. The number of carbonyl (C=O) groups is 1. The molecule has 1 unspecified atom stereocenters. The number of rotatable bonds is 4. The van der Waals surface area contributed by atoms with Gasteiger partial charge in [-0.2, -0.15) is 13.2 Å². The monoisotopic (exact) mass is 448 g/mol. The number of benzene rings is 2. The highest BCUT2D eigenvalue weighted by molar-refractivity contribution is 9.10. The van der Waals surface area contributed by atoms with E-state index in [9.17, 15) is 18.0 Å². The molecule has 0 saturated heterocycles. The Morgan fingerprint density at radius 3 is 2.31 bits per heavy atom. The third kappa shape index (κ3) is 4.37. The lowest BCUT2D eigenvalue weighted by Gasteiger charge is -2.36. The lowest BCUT2D eigenvalue weighted by molar-refractivity contribution is -0.270. The summed E-state index contributed by atoms with van der Waals surface area (Å²) in [6.07, 6.45) is -5.06. The zero-order valence-electron chi connectivity index (χ0n) is 13.3. The fourth-order valence-corrected chi connectivity index (χ4v) is 2.67. The van der Waals surface area contributed by atoms with E-state index >= 15 is 0 Å². The standard InChI is InChI=1S/C17H13BrClF3N2O2/c1-10(25)24-16(17(20,21)22,12-3-2-4-14(19)9-12)26-15(23)11-5-7-13(18)8-6-11/h2-9,23H,1H3,(H,24,25). The zero-order valence-corrected chi connectivity index (χ0v) is 15.7. The summed E-state index contributed by atoms with van der Waals surface area (Å²) in [6, 6.07) is 10.8. The third-order valence-electron chi connectivity index (χ3n) is 3.34. The van der Waals surface area contributed by atoms with Gasteiger partial charge in [0, 0.05) is 27.5 Å². The van der Waals surface area contributed by atoms with E-state index < -0.39 is 29.3 Å². The molecule has 0 aromatic heterocycles. The number of amides is 1. The Balaban J connectivity index is 2.56. The minimum absolute atomic E-state index is 0.0280. The SMILES string of the molecule is CC(=O)NC(OC(=N)c1ccc(Br)cc1)(c1cccc(Cl)c1)C(F)(F)F. The van der Waals surface area contributed by atoms with Crippen LogP contribution in [0.15, 0.2) is 53.0 Å². The molecule has 0 aliphatic rings. The molecular formula is C17H13BrClF3N2O2. The maximum Gasteiger partial charge on any atom is 0.453 e. The minimum Gasteiger partial charge on any atom is -0.437 e. The van der Waals surface area contributed by atoms with Crippen LogP contribution in [0.1, 0.15) is 18.1 Å². The van der Waals surface area contributed by atoms with Crippen molar-refractivity contribution >= 4 is 39.3 Å². The van der Waals surface area contributed by atoms with Crippen LogP contribution < -0.4 is 5.32 Å². The first kappa shape index (κ1) is 20.3. The van der Waals surface area contributed by atoms with Crippen molar-refractivity contribution < 1.29 is 22.7 Å². The second-order valence-electron chi connectivity index (χ2n) is 5.31. The van der Waals surface area contributed by atoms with Gasteiger partial charge in [-0.1, -0.05) is 39.7 Å². The smallest absolute Gasteiger partial charge is 0.437 e. The molecule has 0 aliphatic heterocycles. The van der Waals surface area contributed by atoms with Crippen molar-refractivity contribution in [2.24, 2.45) is 0 Å². The molecule has 1 amide bonds. The van der Waals surface area contributed by atoms with Gasteiger partial charge in [-0.25, -0.2) is 0 Å². The van der Waals surface area contributed by atoms with E-state index in [-0.39, 0.29) is 10.6 Å². The van der Waals surface area contributed by atoms with E-state index in [1.807, 2.05) is 0 Å². The van der Waals surface area contributed by atoms with Crippen molar-refractivity contribution in [1.29, 1.82) is 5.41 Å². The van der Waals surface area contributed by atoms with Gasteiger partial charge in [0.25, 0.3) is 0 Å². The Morgan fingerprint density at radius 2 is 1.81 bits per heavy atom. The van der Waals surface area contributed by atoms with Crippen LogP contribution >= 0.6 is 27.5 Å². The number of ether oxygens (including phenoxy) is 1. The van der Waals surface area contributed by atoms with Crippen molar-refractivity contribution in [3.63, 3.8) is 0 Å². The Labute approximate surface area is 160 Å². The van der Waals surface area contributed by atoms with E-state index in [0.717, 1.165) is 19.1 Å². The molecule has 2 N–H and O–H groups in total. The Morgan fingerprint density at radius 1 is 1.19 bits per heavy atom. The number of alkyl halides is 3. The molecule has 138 valence electrons. The molecular weight excluding hydrogens is 437 g/mol. The first-order chi connectivity index (χ1) is 12.0. The average Bonchev–Trinajstić information content (AvgIpc) is 2.53. The van der Waals surface area contributed by atoms with Crippen molar-refractivity contribution in [3.8, 4) is 0 Å². The first-order valence-corrected chi connectivity index (χ1v) is 8.37. The van der Waals surface area contributed by atoms with Crippen LogP contribution in [0.5, 0.6) is 0 Å². The minimum atomic E-state index is -5.06. The van der Waals surface area contributed by atoms with Gasteiger partial charge in [-0.15, -0.1) is 0 Å². The molecule has 0 saturated carbocycles. The molecule has 2 aromatic rings. The molecule has 1 atom stereocenters.